The van der Waals surface area contributed by atoms with Crippen molar-refractivity contribution in [3.8, 4) is 0 Å². The third-order valence-electron chi connectivity index (χ3n) is 6.97. The van der Waals surface area contributed by atoms with Crippen molar-refractivity contribution in [2.45, 2.75) is 32.6 Å². The Morgan fingerprint density at radius 2 is 2.00 bits per heavy atom. The van der Waals surface area contributed by atoms with E-state index in [4.69, 9.17) is 4.74 Å². The molecule has 8 heteroatoms. The smallest absolute Gasteiger partial charge is 0.257 e. The van der Waals surface area contributed by atoms with Crippen LogP contribution in [0.2, 0.25) is 0 Å². The zero-order valence-electron chi connectivity index (χ0n) is 20.0. The summed E-state index contributed by atoms with van der Waals surface area (Å²) in [5.74, 6) is -0.468. The summed E-state index contributed by atoms with van der Waals surface area (Å²) in [5, 5.41) is 6.60. The van der Waals surface area contributed by atoms with Gasteiger partial charge in [0.1, 0.15) is 5.82 Å². The second kappa shape index (κ2) is 10.2. The lowest BCUT2D eigenvalue weighted by atomic mass is 9.87. The van der Waals surface area contributed by atoms with Gasteiger partial charge in [0.05, 0.1) is 30.0 Å². The molecule has 184 valence electrons. The zero-order chi connectivity index (χ0) is 24.4. The number of carbonyl (C=O) groups excluding carboxylic acids is 2. The molecule has 7 nitrogen and oxygen atoms in total. The van der Waals surface area contributed by atoms with E-state index in [0.717, 1.165) is 43.3 Å². The molecule has 2 aliphatic rings. The van der Waals surface area contributed by atoms with E-state index in [9.17, 15) is 14.0 Å². The van der Waals surface area contributed by atoms with Gasteiger partial charge < -0.3 is 20.4 Å². The van der Waals surface area contributed by atoms with Gasteiger partial charge in [-0.3, -0.25) is 14.5 Å². The van der Waals surface area contributed by atoms with Crippen LogP contribution in [0.15, 0.2) is 36.4 Å². The Morgan fingerprint density at radius 1 is 1.17 bits per heavy atom. The number of aryl methyl sites for hydroxylation is 1. The summed E-state index contributed by atoms with van der Waals surface area (Å²) >= 11 is 0. The van der Waals surface area contributed by atoms with Gasteiger partial charge in [-0.15, -0.1) is 0 Å². The number of para-hydroxylation sites is 1. The van der Waals surface area contributed by atoms with Crippen molar-refractivity contribution in [1.82, 2.24) is 9.88 Å². The summed E-state index contributed by atoms with van der Waals surface area (Å²) in [5.41, 5.74) is 4.37. The van der Waals surface area contributed by atoms with Gasteiger partial charge >= 0.3 is 0 Å². The molecule has 5 rings (SSSR count). The molecule has 1 fully saturated rings. The molecule has 1 unspecified atom stereocenters. The summed E-state index contributed by atoms with van der Waals surface area (Å²) in [7, 11) is 0. The number of anilines is 2. The molecule has 0 radical (unpaired) electrons. The van der Waals surface area contributed by atoms with Crippen LogP contribution in [0.4, 0.5) is 15.8 Å². The highest BCUT2D eigenvalue weighted by molar-refractivity contribution is 6.12. The van der Waals surface area contributed by atoms with E-state index in [1.807, 2.05) is 6.07 Å². The first-order chi connectivity index (χ1) is 17.0. The number of ether oxygens (including phenoxy) is 1. The lowest BCUT2D eigenvalue weighted by molar-refractivity contribution is -0.116. The largest absolute Gasteiger partial charge is 0.379 e. The monoisotopic (exact) mass is 478 g/mol. The fourth-order valence-corrected chi connectivity index (χ4v) is 5.00. The number of aromatic nitrogens is 1. The molecule has 1 aromatic heterocycles. The number of halogens is 1. The quantitative estimate of drug-likeness (QED) is 0.492. The highest BCUT2D eigenvalue weighted by atomic mass is 19.1. The summed E-state index contributed by atoms with van der Waals surface area (Å²) in [6.07, 6.45) is 3.39. The number of carbonyl (C=O) groups is 2. The van der Waals surface area contributed by atoms with E-state index in [0.29, 0.717) is 36.9 Å². The summed E-state index contributed by atoms with van der Waals surface area (Å²) in [6, 6.07) is 9.96. The lowest BCUT2D eigenvalue weighted by Gasteiger charge is -2.26. The molecule has 2 amide bonds. The Bertz CT molecular complexity index is 1250. The second-order valence-corrected chi connectivity index (χ2v) is 9.56. The van der Waals surface area contributed by atoms with Crippen molar-refractivity contribution in [2.75, 3.05) is 43.5 Å². The Morgan fingerprint density at radius 3 is 2.83 bits per heavy atom. The number of nitrogens with one attached hydrogen (secondary N) is 3. The Hall–Kier alpha value is -3.23. The molecule has 1 atom stereocenters. The number of hydrogen-bond acceptors (Lipinski definition) is 4. The van der Waals surface area contributed by atoms with Gasteiger partial charge in [0.25, 0.3) is 5.91 Å². The minimum absolute atomic E-state index is 0.0531. The van der Waals surface area contributed by atoms with Crippen LogP contribution in [0.25, 0.3) is 10.9 Å². The van der Waals surface area contributed by atoms with E-state index in [2.05, 4.69) is 33.5 Å². The third-order valence-corrected chi connectivity index (χ3v) is 6.97. The Balaban J connectivity index is 1.28. The molecular formula is C27H31FN4O3. The molecule has 0 spiro atoms. The molecule has 35 heavy (non-hydrogen) atoms. The number of amides is 2. The van der Waals surface area contributed by atoms with Crippen LogP contribution in [0.3, 0.4) is 0 Å². The van der Waals surface area contributed by atoms with Crippen molar-refractivity contribution in [3.63, 3.8) is 0 Å². The summed E-state index contributed by atoms with van der Waals surface area (Å²) < 4.78 is 19.7. The van der Waals surface area contributed by atoms with Crippen LogP contribution in [0, 0.1) is 11.7 Å². The highest BCUT2D eigenvalue weighted by Gasteiger charge is 2.22. The average molecular weight is 479 g/mol. The van der Waals surface area contributed by atoms with E-state index in [1.54, 1.807) is 6.07 Å². The molecular weight excluding hydrogens is 447 g/mol. The van der Waals surface area contributed by atoms with E-state index in [1.165, 1.54) is 29.5 Å². The van der Waals surface area contributed by atoms with Crippen molar-refractivity contribution >= 4 is 34.1 Å². The number of aromatic amines is 1. The van der Waals surface area contributed by atoms with Crippen molar-refractivity contribution in [3.05, 3.63) is 59.0 Å². The summed E-state index contributed by atoms with van der Waals surface area (Å²) in [6.45, 7) is 5.76. The molecule has 1 aliphatic carbocycles. The van der Waals surface area contributed by atoms with Gasteiger partial charge in [0, 0.05) is 42.8 Å². The maximum absolute atomic E-state index is 14.4. The SMILES string of the molecule is CC1CCc2[nH]c3c(C(=O)Nc4ccc(F)c(NC(=O)CCN5CCOCC5)c4)cccc3c2C1. The fraction of sp³-hybridized carbons (Fsp3) is 0.407. The maximum atomic E-state index is 14.4. The fourth-order valence-electron chi connectivity index (χ4n) is 5.00. The maximum Gasteiger partial charge on any atom is 0.257 e. The van der Waals surface area contributed by atoms with Gasteiger partial charge in [-0.2, -0.15) is 0 Å². The van der Waals surface area contributed by atoms with Crippen LogP contribution in [0.5, 0.6) is 0 Å². The van der Waals surface area contributed by atoms with Crippen molar-refractivity contribution in [1.29, 1.82) is 0 Å². The van der Waals surface area contributed by atoms with Crippen LogP contribution in [0.1, 0.15) is 41.4 Å². The molecule has 1 aliphatic heterocycles. The number of morpholine rings is 1. The van der Waals surface area contributed by atoms with Gasteiger partial charge in [-0.1, -0.05) is 19.1 Å². The molecule has 0 bridgehead atoms. The molecule has 3 N–H and O–H groups in total. The second-order valence-electron chi connectivity index (χ2n) is 9.56. The molecule has 1 saturated heterocycles. The first-order valence-electron chi connectivity index (χ1n) is 12.3. The molecule has 0 saturated carbocycles. The normalized spacial score (nSPS) is 18.3. The molecule has 3 aromatic rings. The third kappa shape index (κ3) is 5.23. The average Bonchev–Trinajstić information content (AvgIpc) is 3.23. The minimum atomic E-state index is -0.545. The van der Waals surface area contributed by atoms with Crippen molar-refractivity contribution < 1.29 is 18.7 Å². The van der Waals surface area contributed by atoms with E-state index >= 15 is 0 Å². The van der Waals surface area contributed by atoms with Gasteiger partial charge in [0.2, 0.25) is 5.91 Å². The van der Waals surface area contributed by atoms with Gasteiger partial charge in [-0.25, -0.2) is 4.39 Å². The number of nitrogens with zero attached hydrogens (tertiary/aromatic N) is 1. The highest BCUT2D eigenvalue weighted by Crippen LogP contribution is 2.33. The molecule has 2 aromatic carbocycles. The predicted octanol–water partition coefficient (Wildman–Crippen LogP) is 4.34. The van der Waals surface area contributed by atoms with Crippen LogP contribution in [-0.2, 0) is 22.4 Å². The van der Waals surface area contributed by atoms with Crippen LogP contribution < -0.4 is 10.6 Å². The van der Waals surface area contributed by atoms with Gasteiger partial charge in [-0.05, 0) is 55.0 Å². The van der Waals surface area contributed by atoms with E-state index < -0.39 is 5.82 Å². The van der Waals surface area contributed by atoms with Crippen LogP contribution >= 0.6 is 0 Å². The zero-order valence-corrected chi connectivity index (χ0v) is 20.0. The number of rotatable bonds is 6. The van der Waals surface area contributed by atoms with Gasteiger partial charge in [0.15, 0.2) is 0 Å². The van der Waals surface area contributed by atoms with Crippen molar-refractivity contribution in [2.24, 2.45) is 5.92 Å². The van der Waals surface area contributed by atoms with E-state index in [-0.39, 0.29) is 23.9 Å². The number of benzene rings is 2. The minimum Gasteiger partial charge on any atom is -0.379 e. The summed E-state index contributed by atoms with van der Waals surface area (Å²) in [4.78, 5) is 31.2. The first-order valence-corrected chi connectivity index (χ1v) is 12.3. The number of H-pyrrole nitrogens is 1. The van der Waals surface area contributed by atoms with Crippen LogP contribution in [-0.4, -0.2) is 54.5 Å². The Labute approximate surface area is 204 Å². The predicted molar refractivity (Wildman–Crippen MR) is 134 cm³/mol. The lowest BCUT2D eigenvalue weighted by Crippen LogP contribution is -2.38. The number of hydrogen-bond donors (Lipinski definition) is 3. The number of fused-ring (bicyclic) bond motifs is 3. The standard InChI is InChI=1S/C27H31FN4O3/c1-17-5-8-23-21(15-17)19-3-2-4-20(26(19)31-23)27(34)29-18-6-7-22(28)24(16-18)30-25(33)9-10-32-11-13-35-14-12-32/h2-4,6-7,16-17,31H,5,8-15H2,1H3,(H,29,34)(H,30,33). The molecule has 2 heterocycles. The topological polar surface area (TPSA) is 86.5 Å². The Kier molecular flexibility index (Phi) is 6.83. The first kappa shape index (κ1) is 23.5.